The van der Waals surface area contributed by atoms with E-state index in [0.717, 1.165) is 16.9 Å². The molecule has 0 aliphatic carbocycles. The molecule has 0 amide bonds. The molecule has 0 unspecified atom stereocenters. The van der Waals surface area contributed by atoms with Gasteiger partial charge in [-0.1, -0.05) is 47.2 Å². The monoisotopic (exact) mass is 502 g/mol. The molecular weight excluding hydrogens is 480 g/mol. The average Bonchev–Trinajstić information content (AvgIpc) is 3.48. The quantitative estimate of drug-likeness (QED) is 0.346. The molecule has 2 aromatic heterocycles. The molecule has 0 saturated heterocycles. The number of hydrogen-bond acceptors (Lipinski definition) is 8. The summed E-state index contributed by atoms with van der Waals surface area (Å²) in [5.41, 5.74) is 0.914. The zero-order chi connectivity index (χ0) is 23.5. The number of nitrogens with zero attached hydrogens (tertiary/aromatic N) is 3. The molecular formula is C22H22N4O4S3. The number of anilines is 1. The number of imidazole rings is 1. The number of aromatic nitrogens is 3. The van der Waals surface area contributed by atoms with E-state index in [1.807, 2.05) is 17.7 Å². The lowest BCUT2D eigenvalue weighted by Crippen LogP contribution is -2.10. The van der Waals surface area contributed by atoms with Crippen molar-refractivity contribution in [1.29, 1.82) is 0 Å². The highest BCUT2D eigenvalue weighted by molar-refractivity contribution is 7.94. The summed E-state index contributed by atoms with van der Waals surface area (Å²) in [5, 5.41) is 3.01. The van der Waals surface area contributed by atoms with Crippen LogP contribution in [-0.2, 0) is 26.2 Å². The number of rotatable bonds is 9. The van der Waals surface area contributed by atoms with Crippen molar-refractivity contribution in [3.05, 3.63) is 78.9 Å². The van der Waals surface area contributed by atoms with E-state index in [1.165, 1.54) is 24.3 Å². The van der Waals surface area contributed by atoms with Gasteiger partial charge in [0, 0.05) is 25.5 Å². The summed E-state index contributed by atoms with van der Waals surface area (Å²) in [6, 6.07) is 14.2. The van der Waals surface area contributed by atoms with Crippen molar-refractivity contribution >= 4 is 36.0 Å². The number of benzene rings is 2. The fraction of sp³-hybridized carbons (Fsp3) is 0.182. The highest BCUT2D eigenvalue weighted by atomic mass is 32.2. The second-order valence-electron chi connectivity index (χ2n) is 7.33. The topological polar surface area (TPSA) is 111 Å². The van der Waals surface area contributed by atoms with Crippen LogP contribution in [0.5, 0.6) is 0 Å². The number of hydrogen-bond donors (Lipinski definition) is 1. The summed E-state index contributed by atoms with van der Waals surface area (Å²) in [6.45, 7) is 2.97. The normalized spacial score (nSPS) is 12.0. The standard InChI is InChI=1S/C22H22N4O4S3/c1-17-8-10-19(11-9-17)32(27,28)21-20(24-12-5-14-26-15-13-23-16-26)31-22(25-21)33(29,30)18-6-3-2-4-7-18/h2-4,6-11,13,15-16,24H,5,12,14H2,1H3. The molecule has 0 aliphatic rings. The largest absolute Gasteiger partial charge is 0.374 e. The zero-order valence-corrected chi connectivity index (χ0v) is 20.2. The summed E-state index contributed by atoms with van der Waals surface area (Å²) in [7, 11) is -8.00. The summed E-state index contributed by atoms with van der Waals surface area (Å²) in [4.78, 5) is 8.23. The third-order valence-electron chi connectivity index (χ3n) is 4.88. The molecule has 0 bridgehead atoms. The van der Waals surface area contributed by atoms with Gasteiger partial charge in [-0.25, -0.2) is 26.8 Å². The van der Waals surface area contributed by atoms with Gasteiger partial charge in [0.1, 0.15) is 5.00 Å². The predicted molar refractivity (Wildman–Crippen MR) is 126 cm³/mol. The summed E-state index contributed by atoms with van der Waals surface area (Å²) < 4.78 is 54.6. The fourth-order valence-corrected chi connectivity index (χ4v) is 7.45. The van der Waals surface area contributed by atoms with Crippen molar-refractivity contribution in [3.63, 3.8) is 0 Å². The lowest BCUT2D eigenvalue weighted by atomic mass is 10.2. The van der Waals surface area contributed by atoms with Crippen LogP contribution in [-0.4, -0.2) is 37.9 Å². The smallest absolute Gasteiger partial charge is 0.233 e. The molecule has 4 aromatic rings. The van der Waals surface area contributed by atoms with Gasteiger partial charge in [-0.2, -0.15) is 0 Å². The molecule has 4 rings (SSSR count). The van der Waals surface area contributed by atoms with Crippen molar-refractivity contribution in [2.45, 2.75) is 39.0 Å². The van der Waals surface area contributed by atoms with Crippen molar-refractivity contribution in [3.8, 4) is 0 Å². The first-order valence-electron chi connectivity index (χ1n) is 10.1. The minimum Gasteiger partial charge on any atom is -0.374 e. The van der Waals surface area contributed by atoms with Crippen LogP contribution in [0.4, 0.5) is 5.00 Å². The summed E-state index contributed by atoms with van der Waals surface area (Å²) in [5.74, 6) is 0. The fourth-order valence-electron chi connectivity index (χ4n) is 3.11. The number of sulfone groups is 2. The third-order valence-corrected chi connectivity index (χ3v) is 9.87. The molecule has 0 saturated carbocycles. The van der Waals surface area contributed by atoms with E-state index in [1.54, 1.807) is 42.9 Å². The van der Waals surface area contributed by atoms with E-state index >= 15 is 0 Å². The van der Waals surface area contributed by atoms with Crippen LogP contribution < -0.4 is 5.32 Å². The van der Waals surface area contributed by atoms with E-state index in [-0.39, 0.29) is 24.2 Å². The molecule has 8 nitrogen and oxygen atoms in total. The van der Waals surface area contributed by atoms with Crippen molar-refractivity contribution < 1.29 is 16.8 Å². The van der Waals surface area contributed by atoms with Crippen molar-refractivity contribution in [1.82, 2.24) is 14.5 Å². The van der Waals surface area contributed by atoms with Crippen LogP contribution in [0.2, 0.25) is 0 Å². The van der Waals surface area contributed by atoms with Crippen molar-refractivity contribution in [2.75, 3.05) is 11.9 Å². The molecule has 0 atom stereocenters. The van der Waals surface area contributed by atoms with E-state index in [2.05, 4.69) is 15.3 Å². The van der Waals surface area contributed by atoms with Crippen LogP contribution in [0.1, 0.15) is 12.0 Å². The molecule has 0 fully saturated rings. The molecule has 172 valence electrons. The van der Waals surface area contributed by atoms with Crippen LogP contribution in [0.15, 0.2) is 92.5 Å². The molecule has 0 radical (unpaired) electrons. The number of thiazole rings is 1. The Hall–Kier alpha value is -3.02. The van der Waals surface area contributed by atoms with Crippen LogP contribution in [0.3, 0.4) is 0 Å². The van der Waals surface area contributed by atoms with E-state index in [0.29, 0.717) is 19.5 Å². The Morgan fingerprint density at radius 2 is 1.64 bits per heavy atom. The molecule has 2 heterocycles. The highest BCUT2D eigenvalue weighted by Crippen LogP contribution is 2.36. The Bertz CT molecular complexity index is 1430. The maximum absolute atomic E-state index is 13.4. The number of aryl methyl sites for hydroxylation is 2. The summed E-state index contributed by atoms with van der Waals surface area (Å²) >= 11 is 0.825. The Morgan fingerprint density at radius 1 is 0.939 bits per heavy atom. The number of nitrogens with one attached hydrogen (secondary N) is 1. The first-order valence-corrected chi connectivity index (χ1v) is 13.9. The van der Waals surface area contributed by atoms with Gasteiger partial charge in [0.2, 0.25) is 24.0 Å². The average molecular weight is 503 g/mol. The van der Waals surface area contributed by atoms with Crippen LogP contribution in [0, 0.1) is 6.92 Å². The zero-order valence-electron chi connectivity index (χ0n) is 17.7. The molecule has 2 aromatic carbocycles. The minimum atomic E-state index is -4.03. The second-order valence-corrected chi connectivity index (χ2v) is 12.3. The molecule has 0 spiro atoms. The predicted octanol–water partition coefficient (Wildman–Crippen LogP) is 3.82. The first-order chi connectivity index (χ1) is 15.8. The van der Waals surface area contributed by atoms with Gasteiger partial charge in [-0.3, -0.25) is 0 Å². The molecule has 1 N–H and O–H groups in total. The highest BCUT2D eigenvalue weighted by Gasteiger charge is 2.31. The SMILES string of the molecule is Cc1ccc(S(=O)(=O)c2nc(S(=O)(=O)c3ccccc3)sc2NCCCn2ccnc2)cc1. The van der Waals surface area contributed by atoms with E-state index in [4.69, 9.17) is 0 Å². The van der Waals surface area contributed by atoms with Crippen LogP contribution >= 0.6 is 11.3 Å². The van der Waals surface area contributed by atoms with Crippen LogP contribution in [0.25, 0.3) is 0 Å². The maximum Gasteiger partial charge on any atom is 0.233 e. The molecule has 11 heteroatoms. The van der Waals surface area contributed by atoms with Gasteiger partial charge >= 0.3 is 0 Å². The van der Waals surface area contributed by atoms with Gasteiger partial charge in [0.25, 0.3) is 0 Å². The maximum atomic E-state index is 13.4. The minimum absolute atomic E-state index is 0.0588. The Morgan fingerprint density at radius 3 is 2.30 bits per heavy atom. The Labute approximate surface area is 196 Å². The van der Waals surface area contributed by atoms with Crippen molar-refractivity contribution in [2.24, 2.45) is 0 Å². The van der Waals surface area contributed by atoms with E-state index < -0.39 is 19.7 Å². The molecule has 0 aliphatic heterocycles. The van der Waals surface area contributed by atoms with Gasteiger partial charge in [0.15, 0.2) is 5.03 Å². The first kappa shape index (κ1) is 23.1. The van der Waals surface area contributed by atoms with Gasteiger partial charge in [0.05, 0.1) is 16.1 Å². The van der Waals surface area contributed by atoms with Gasteiger partial charge < -0.3 is 9.88 Å². The van der Waals surface area contributed by atoms with E-state index in [9.17, 15) is 16.8 Å². The summed E-state index contributed by atoms with van der Waals surface area (Å²) in [6.07, 6.45) is 5.90. The second kappa shape index (κ2) is 9.46. The van der Waals surface area contributed by atoms with Gasteiger partial charge in [-0.05, 0) is 37.6 Å². The third kappa shape index (κ3) is 5.00. The lowest BCUT2D eigenvalue weighted by molar-refractivity contribution is 0.589. The molecule has 33 heavy (non-hydrogen) atoms. The Balaban J connectivity index is 1.69. The lowest BCUT2D eigenvalue weighted by Gasteiger charge is -2.08. The van der Waals surface area contributed by atoms with Gasteiger partial charge in [-0.15, -0.1) is 0 Å². The Kier molecular flexibility index (Phi) is 6.63.